The first-order valence-corrected chi connectivity index (χ1v) is 13.3. The molecule has 1 unspecified atom stereocenters. The lowest BCUT2D eigenvalue weighted by Gasteiger charge is -2.30. The number of ether oxygens (including phenoxy) is 3. The first kappa shape index (κ1) is 25.4. The average molecular weight is 528 g/mol. The van der Waals surface area contributed by atoms with Gasteiger partial charge in [0, 0.05) is 29.7 Å². The van der Waals surface area contributed by atoms with Crippen molar-refractivity contribution >= 4 is 23.5 Å². The number of morpholine rings is 1. The maximum Gasteiger partial charge on any atom is 0.304 e. The minimum Gasteiger partial charge on any atom is -0.497 e. The van der Waals surface area contributed by atoms with Crippen LogP contribution in [-0.4, -0.2) is 59.5 Å². The second-order valence-corrected chi connectivity index (χ2v) is 10.6. The molecule has 10 heteroatoms. The lowest BCUT2D eigenvalue weighted by molar-refractivity contribution is -0.137. The largest absolute Gasteiger partial charge is 0.497 e. The van der Waals surface area contributed by atoms with Crippen molar-refractivity contribution in [2.24, 2.45) is 0 Å². The quantitative estimate of drug-likeness (QED) is 0.379. The van der Waals surface area contributed by atoms with Gasteiger partial charge in [-0.2, -0.15) is 5.10 Å². The van der Waals surface area contributed by atoms with E-state index in [1.165, 1.54) is 6.07 Å². The maximum atomic E-state index is 14.9. The van der Waals surface area contributed by atoms with Crippen LogP contribution in [0.15, 0.2) is 48.7 Å². The van der Waals surface area contributed by atoms with Crippen LogP contribution in [0.2, 0.25) is 0 Å². The molecule has 8 nitrogen and oxygen atoms in total. The summed E-state index contributed by atoms with van der Waals surface area (Å²) >= 11 is 1.73. The number of carboxylic acid groups (broad SMARTS) is 1. The molecular formula is C27H30FN3O5S. The number of methoxy groups -OCH3 is 1. The first-order valence-electron chi connectivity index (χ1n) is 12.4. The monoisotopic (exact) mass is 527 g/mol. The maximum absolute atomic E-state index is 14.9. The number of benzene rings is 2. The molecule has 2 fully saturated rings. The van der Waals surface area contributed by atoms with E-state index >= 15 is 0 Å². The number of anilines is 1. The van der Waals surface area contributed by atoms with E-state index in [1.807, 2.05) is 24.3 Å². The molecule has 3 aromatic rings. The van der Waals surface area contributed by atoms with Gasteiger partial charge in [0.25, 0.3) is 0 Å². The number of carbonyl (C=O) groups is 1. The summed E-state index contributed by atoms with van der Waals surface area (Å²) in [4.78, 5) is 13.6. The molecule has 2 aromatic carbocycles. The van der Waals surface area contributed by atoms with Crippen molar-refractivity contribution in [3.05, 3.63) is 65.6 Å². The van der Waals surface area contributed by atoms with E-state index in [4.69, 9.17) is 14.2 Å². The van der Waals surface area contributed by atoms with Crippen LogP contribution >= 0.6 is 11.8 Å². The zero-order valence-corrected chi connectivity index (χ0v) is 21.5. The number of nitrogens with zero attached hydrogens (tertiary/aromatic N) is 3. The van der Waals surface area contributed by atoms with E-state index in [9.17, 15) is 14.3 Å². The summed E-state index contributed by atoms with van der Waals surface area (Å²) in [5.74, 6) is 0.722. The molecule has 1 saturated heterocycles. The fourth-order valence-corrected chi connectivity index (χ4v) is 5.77. The second-order valence-electron chi connectivity index (χ2n) is 9.11. The van der Waals surface area contributed by atoms with Gasteiger partial charge >= 0.3 is 5.97 Å². The van der Waals surface area contributed by atoms with E-state index in [0.717, 1.165) is 29.8 Å². The van der Waals surface area contributed by atoms with Crippen LogP contribution in [-0.2, 0) is 16.1 Å². The van der Waals surface area contributed by atoms with Gasteiger partial charge in [-0.25, -0.2) is 9.07 Å². The minimum atomic E-state index is -0.809. The van der Waals surface area contributed by atoms with E-state index in [2.05, 4.69) is 10.00 Å². The highest BCUT2D eigenvalue weighted by molar-refractivity contribution is 8.00. The smallest absolute Gasteiger partial charge is 0.304 e. The third-order valence-corrected chi connectivity index (χ3v) is 8.00. The summed E-state index contributed by atoms with van der Waals surface area (Å²) in [6.45, 7) is 2.65. The summed E-state index contributed by atoms with van der Waals surface area (Å²) in [5, 5.41) is 14.3. The molecule has 0 radical (unpaired) electrons. The number of carboxylic acids is 1. The molecule has 1 aliphatic heterocycles. The first-order chi connectivity index (χ1) is 18.0. The van der Waals surface area contributed by atoms with Crippen LogP contribution in [0.1, 0.15) is 35.6 Å². The molecule has 5 rings (SSSR count). The highest BCUT2D eigenvalue weighted by Gasteiger charge is 2.29. The van der Waals surface area contributed by atoms with Crippen molar-refractivity contribution < 1.29 is 28.5 Å². The summed E-state index contributed by atoms with van der Waals surface area (Å²) in [5.41, 5.74) is 2.05. The highest BCUT2D eigenvalue weighted by atomic mass is 32.2. The molecule has 0 bridgehead atoms. The Balaban J connectivity index is 1.40. The van der Waals surface area contributed by atoms with Crippen LogP contribution in [0, 0.1) is 5.82 Å². The standard InChI is InChI=1S/C27H30FN3O5S/c1-34-20-5-8-23(28)24(14-20)31-27(30-9-11-35-12-10-30)19(16-29-31)17-36-21-4-2-3-18(13-21)25(15-26(32)33)37-22-6-7-22/h2-5,8,13-14,16,22,25H,6-7,9-12,15,17H2,1H3,(H,32,33). The Morgan fingerprint density at radius 3 is 2.76 bits per heavy atom. The van der Waals surface area contributed by atoms with Crippen molar-refractivity contribution in [1.82, 2.24) is 9.78 Å². The Morgan fingerprint density at radius 2 is 2.03 bits per heavy atom. The summed E-state index contributed by atoms with van der Waals surface area (Å²) in [6, 6.07) is 12.2. The average Bonchev–Trinajstić information content (AvgIpc) is 3.63. The Kier molecular flexibility index (Phi) is 7.85. The SMILES string of the molecule is COc1ccc(F)c(-n2ncc(COc3cccc(C(CC(=O)O)SC4CC4)c3)c2N2CCOCC2)c1. The molecule has 196 valence electrons. The molecule has 0 spiro atoms. The lowest BCUT2D eigenvalue weighted by atomic mass is 10.1. The van der Waals surface area contributed by atoms with Crippen LogP contribution in [0.4, 0.5) is 10.2 Å². The zero-order valence-electron chi connectivity index (χ0n) is 20.6. The number of aliphatic carboxylic acids is 1. The van der Waals surface area contributed by atoms with E-state index in [1.54, 1.807) is 41.9 Å². The van der Waals surface area contributed by atoms with Gasteiger partial charge in [0.05, 0.1) is 38.5 Å². The van der Waals surface area contributed by atoms with Crippen molar-refractivity contribution in [2.75, 3.05) is 38.3 Å². The van der Waals surface area contributed by atoms with Crippen molar-refractivity contribution in [3.63, 3.8) is 0 Å². The Hall–Kier alpha value is -3.24. The lowest BCUT2D eigenvalue weighted by Crippen LogP contribution is -2.38. The van der Waals surface area contributed by atoms with Gasteiger partial charge in [-0.05, 0) is 42.7 Å². The molecule has 2 heterocycles. The minimum absolute atomic E-state index is 0.0741. The summed E-state index contributed by atoms with van der Waals surface area (Å²) in [7, 11) is 1.54. The van der Waals surface area contributed by atoms with Crippen LogP contribution in [0.5, 0.6) is 11.5 Å². The van der Waals surface area contributed by atoms with Gasteiger partial charge in [-0.1, -0.05) is 12.1 Å². The molecule has 2 aliphatic rings. The molecule has 1 aromatic heterocycles. The number of aromatic nitrogens is 2. The topological polar surface area (TPSA) is 86.0 Å². The normalized spacial score (nSPS) is 16.4. The van der Waals surface area contributed by atoms with Gasteiger partial charge in [0.1, 0.15) is 35.4 Å². The molecule has 1 N–H and O–H groups in total. The van der Waals surface area contributed by atoms with Gasteiger partial charge in [-0.3, -0.25) is 4.79 Å². The molecule has 37 heavy (non-hydrogen) atoms. The molecule has 1 saturated carbocycles. The van der Waals surface area contributed by atoms with Gasteiger partial charge in [0.2, 0.25) is 0 Å². The number of hydrogen-bond acceptors (Lipinski definition) is 7. The second kappa shape index (κ2) is 11.4. The van der Waals surface area contributed by atoms with E-state index < -0.39 is 11.8 Å². The van der Waals surface area contributed by atoms with Crippen molar-refractivity contribution in [2.45, 2.75) is 36.4 Å². The highest BCUT2D eigenvalue weighted by Crippen LogP contribution is 2.45. The summed E-state index contributed by atoms with van der Waals surface area (Å²) < 4.78 is 33.5. The molecule has 1 aliphatic carbocycles. The predicted molar refractivity (Wildman–Crippen MR) is 139 cm³/mol. The van der Waals surface area contributed by atoms with Gasteiger partial charge in [0.15, 0.2) is 0 Å². The van der Waals surface area contributed by atoms with Crippen molar-refractivity contribution in [3.8, 4) is 17.2 Å². The van der Waals surface area contributed by atoms with Gasteiger partial charge in [-0.15, -0.1) is 11.8 Å². The Morgan fingerprint density at radius 1 is 1.22 bits per heavy atom. The Labute approximate surface area is 219 Å². The van der Waals surface area contributed by atoms with Crippen LogP contribution in [0.25, 0.3) is 5.69 Å². The third kappa shape index (κ3) is 6.19. The van der Waals surface area contributed by atoms with Gasteiger partial charge < -0.3 is 24.2 Å². The number of halogens is 1. The van der Waals surface area contributed by atoms with E-state index in [0.29, 0.717) is 48.7 Å². The van der Waals surface area contributed by atoms with E-state index in [-0.39, 0.29) is 18.3 Å². The predicted octanol–water partition coefficient (Wildman–Crippen LogP) is 4.85. The number of rotatable bonds is 11. The van der Waals surface area contributed by atoms with Crippen molar-refractivity contribution in [1.29, 1.82) is 0 Å². The fraction of sp³-hybridized carbons (Fsp3) is 0.407. The zero-order chi connectivity index (χ0) is 25.8. The van der Waals surface area contributed by atoms with Crippen LogP contribution in [0.3, 0.4) is 0 Å². The number of thioether (sulfide) groups is 1. The Bertz CT molecular complexity index is 1240. The fourth-order valence-electron chi connectivity index (χ4n) is 4.35. The third-order valence-electron chi connectivity index (χ3n) is 6.37. The number of hydrogen-bond donors (Lipinski definition) is 1. The molecule has 1 atom stereocenters. The molecule has 0 amide bonds. The van der Waals surface area contributed by atoms with Crippen LogP contribution < -0.4 is 14.4 Å². The summed E-state index contributed by atoms with van der Waals surface area (Å²) in [6.07, 6.45) is 4.05. The molecular weight excluding hydrogens is 497 g/mol.